The third-order valence-corrected chi connectivity index (χ3v) is 2.80. The van der Waals surface area contributed by atoms with Gasteiger partial charge in [0.05, 0.1) is 13.2 Å². The molecule has 2 atom stereocenters. The van der Waals surface area contributed by atoms with Gasteiger partial charge >= 0.3 is 12.1 Å². The highest BCUT2D eigenvalue weighted by Gasteiger charge is 2.41. The van der Waals surface area contributed by atoms with Crippen LogP contribution in [0.3, 0.4) is 0 Å². The first-order valence-electron chi connectivity index (χ1n) is 5.68. The minimum absolute atomic E-state index is 0.158. The SMILES string of the molecule is CCOC(=O)N1CCC(C)(O)C(OC(C)=O)C1. The molecule has 0 aromatic heterocycles. The number of esters is 1. The van der Waals surface area contributed by atoms with Crippen LogP contribution in [0, 0.1) is 0 Å². The maximum atomic E-state index is 11.5. The van der Waals surface area contributed by atoms with Crippen molar-refractivity contribution in [2.24, 2.45) is 0 Å². The molecule has 0 aromatic rings. The number of rotatable bonds is 2. The summed E-state index contributed by atoms with van der Waals surface area (Å²) in [6.07, 6.45) is -0.803. The summed E-state index contributed by atoms with van der Waals surface area (Å²) in [6, 6.07) is 0. The van der Waals surface area contributed by atoms with E-state index >= 15 is 0 Å². The van der Waals surface area contributed by atoms with Crippen LogP contribution in [0.4, 0.5) is 4.79 Å². The monoisotopic (exact) mass is 245 g/mol. The van der Waals surface area contributed by atoms with E-state index in [1.807, 2.05) is 0 Å². The molecule has 17 heavy (non-hydrogen) atoms. The molecule has 6 heteroatoms. The zero-order valence-corrected chi connectivity index (χ0v) is 10.4. The molecule has 2 unspecified atom stereocenters. The Bertz CT molecular complexity index is 302. The molecule has 0 radical (unpaired) electrons. The van der Waals surface area contributed by atoms with E-state index in [-0.39, 0.29) is 6.54 Å². The molecule has 1 N–H and O–H groups in total. The van der Waals surface area contributed by atoms with Crippen LogP contribution in [-0.4, -0.2) is 53.5 Å². The number of aliphatic hydroxyl groups is 1. The van der Waals surface area contributed by atoms with E-state index in [0.717, 1.165) is 0 Å². The summed E-state index contributed by atoms with van der Waals surface area (Å²) in [5.41, 5.74) is -1.10. The minimum Gasteiger partial charge on any atom is -0.458 e. The van der Waals surface area contributed by atoms with Gasteiger partial charge in [-0.3, -0.25) is 4.79 Å². The van der Waals surface area contributed by atoms with E-state index in [1.54, 1.807) is 13.8 Å². The predicted molar refractivity (Wildman–Crippen MR) is 59.4 cm³/mol. The van der Waals surface area contributed by atoms with E-state index in [9.17, 15) is 14.7 Å². The van der Waals surface area contributed by atoms with Gasteiger partial charge in [-0.05, 0) is 20.3 Å². The largest absolute Gasteiger partial charge is 0.458 e. The standard InChI is InChI=1S/C11H19NO5/c1-4-16-10(14)12-6-5-11(3,15)9(7-12)17-8(2)13/h9,15H,4-7H2,1-3H3. The Hall–Kier alpha value is -1.30. The molecule has 0 aliphatic carbocycles. The molecular weight excluding hydrogens is 226 g/mol. The zero-order valence-electron chi connectivity index (χ0n) is 10.4. The van der Waals surface area contributed by atoms with Crippen molar-refractivity contribution in [3.05, 3.63) is 0 Å². The van der Waals surface area contributed by atoms with Crippen LogP contribution in [0.2, 0.25) is 0 Å². The Balaban J connectivity index is 2.66. The first kappa shape index (κ1) is 13.8. The van der Waals surface area contributed by atoms with Gasteiger partial charge in [0.1, 0.15) is 11.7 Å². The van der Waals surface area contributed by atoms with Crippen LogP contribution in [0.5, 0.6) is 0 Å². The predicted octanol–water partition coefficient (Wildman–Crippen LogP) is 0.531. The van der Waals surface area contributed by atoms with Crippen molar-refractivity contribution in [3.63, 3.8) is 0 Å². The van der Waals surface area contributed by atoms with E-state index < -0.39 is 23.8 Å². The van der Waals surface area contributed by atoms with Gasteiger partial charge in [-0.2, -0.15) is 0 Å². The van der Waals surface area contributed by atoms with Crippen molar-refractivity contribution in [2.75, 3.05) is 19.7 Å². The van der Waals surface area contributed by atoms with Crippen LogP contribution in [0.1, 0.15) is 27.2 Å². The lowest BCUT2D eigenvalue weighted by molar-refractivity contribution is -0.169. The van der Waals surface area contributed by atoms with E-state index in [2.05, 4.69) is 0 Å². The van der Waals surface area contributed by atoms with Gasteiger partial charge in [-0.1, -0.05) is 0 Å². The Morgan fingerprint density at radius 3 is 2.71 bits per heavy atom. The average molecular weight is 245 g/mol. The third kappa shape index (κ3) is 3.59. The lowest BCUT2D eigenvalue weighted by Crippen LogP contribution is -2.56. The second-order valence-corrected chi connectivity index (χ2v) is 4.35. The quantitative estimate of drug-likeness (QED) is 0.718. The fourth-order valence-electron chi connectivity index (χ4n) is 1.76. The van der Waals surface area contributed by atoms with Gasteiger partial charge in [0.25, 0.3) is 0 Å². The fraction of sp³-hybridized carbons (Fsp3) is 0.818. The van der Waals surface area contributed by atoms with Crippen molar-refractivity contribution < 1.29 is 24.2 Å². The van der Waals surface area contributed by atoms with Crippen molar-refractivity contribution in [3.8, 4) is 0 Å². The molecule has 1 aliphatic heterocycles. The van der Waals surface area contributed by atoms with Crippen LogP contribution >= 0.6 is 0 Å². The van der Waals surface area contributed by atoms with Crippen molar-refractivity contribution >= 4 is 12.1 Å². The maximum Gasteiger partial charge on any atom is 0.409 e. The van der Waals surface area contributed by atoms with E-state index in [1.165, 1.54) is 11.8 Å². The molecule has 1 aliphatic rings. The van der Waals surface area contributed by atoms with Crippen LogP contribution < -0.4 is 0 Å². The molecule has 0 spiro atoms. The molecule has 1 saturated heterocycles. The van der Waals surface area contributed by atoms with E-state index in [0.29, 0.717) is 19.6 Å². The first-order chi connectivity index (χ1) is 7.86. The fourth-order valence-corrected chi connectivity index (χ4v) is 1.76. The normalized spacial score (nSPS) is 28.7. The number of carbonyl (C=O) groups is 2. The number of piperidine rings is 1. The number of amides is 1. The number of ether oxygens (including phenoxy) is 2. The first-order valence-corrected chi connectivity index (χ1v) is 5.68. The summed E-state index contributed by atoms with van der Waals surface area (Å²) in [5, 5.41) is 10.1. The van der Waals surface area contributed by atoms with Gasteiger partial charge < -0.3 is 19.5 Å². The summed E-state index contributed by atoms with van der Waals surface area (Å²) in [5.74, 6) is -0.471. The van der Waals surface area contributed by atoms with Crippen molar-refractivity contribution in [2.45, 2.75) is 38.9 Å². The van der Waals surface area contributed by atoms with E-state index in [4.69, 9.17) is 9.47 Å². The number of hydrogen-bond donors (Lipinski definition) is 1. The zero-order chi connectivity index (χ0) is 13.1. The van der Waals surface area contributed by atoms with Crippen molar-refractivity contribution in [1.29, 1.82) is 0 Å². The Morgan fingerprint density at radius 2 is 2.18 bits per heavy atom. The average Bonchev–Trinajstić information content (AvgIpc) is 2.20. The summed E-state index contributed by atoms with van der Waals surface area (Å²) in [6.45, 7) is 5.45. The maximum absolute atomic E-state index is 11.5. The highest BCUT2D eigenvalue weighted by atomic mass is 16.6. The Morgan fingerprint density at radius 1 is 1.53 bits per heavy atom. The van der Waals surface area contributed by atoms with Crippen molar-refractivity contribution in [1.82, 2.24) is 4.90 Å². The highest BCUT2D eigenvalue weighted by Crippen LogP contribution is 2.25. The number of likely N-dealkylation sites (tertiary alicyclic amines) is 1. The summed E-state index contributed by atoms with van der Waals surface area (Å²) in [4.78, 5) is 23.9. The molecule has 1 fully saturated rings. The Kier molecular flexibility index (Phi) is 4.34. The van der Waals surface area contributed by atoms with Gasteiger partial charge in [0.2, 0.25) is 0 Å². The lowest BCUT2D eigenvalue weighted by atomic mass is 9.91. The van der Waals surface area contributed by atoms with Gasteiger partial charge in [0, 0.05) is 13.5 Å². The van der Waals surface area contributed by atoms with Gasteiger partial charge in [-0.15, -0.1) is 0 Å². The third-order valence-electron chi connectivity index (χ3n) is 2.80. The van der Waals surface area contributed by atoms with Gasteiger partial charge in [-0.25, -0.2) is 4.79 Å². The van der Waals surface area contributed by atoms with Crippen LogP contribution in [0.15, 0.2) is 0 Å². The topological polar surface area (TPSA) is 76.1 Å². The molecule has 0 aromatic carbocycles. The summed E-state index contributed by atoms with van der Waals surface area (Å²) >= 11 is 0. The van der Waals surface area contributed by atoms with Gasteiger partial charge in [0.15, 0.2) is 0 Å². The number of carbonyl (C=O) groups excluding carboxylic acids is 2. The second-order valence-electron chi connectivity index (χ2n) is 4.35. The molecule has 6 nitrogen and oxygen atoms in total. The molecule has 98 valence electrons. The minimum atomic E-state index is -1.10. The molecular formula is C11H19NO5. The molecule has 1 rings (SSSR count). The molecule has 0 bridgehead atoms. The number of nitrogens with zero attached hydrogens (tertiary/aromatic N) is 1. The summed E-state index contributed by atoms with van der Waals surface area (Å²) in [7, 11) is 0. The molecule has 0 saturated carbocycles. The molecule has 1 heterocycles. The summed E-state index contributed by atoms with van der Waals surface area (Å²) < 4.78 is 9.89. The second kappa shape index (κ2) is 5.35. The highest BCUT2D eigenvalue weighted by molar-refractivity contribution is 5.68. The van der Waals surface area contributed by atoms with Crippen LogP contribution in [-0.2, 0) is 14.3 Å². The molecule has 1 amide bonds. The van der Waals surface area contributed by atoms with Crippen LogP contribution in [0.25, 0.3) is 0 Å². The number of hydrogen-bond acceptors (Lipinski definition) is 5. The lowest BCUT2D eigenvalue weighted by Gasteiger charge is -2.41. The Labute approximate surface area is 100 Å². The smallest absolute Gasteiger partial charge is 0.409 e.